The number of nitrogens with one attached hydrogen (secondary N) is 1. The van der Waals surface area contributed by atoms with Crippen LogP contribution < -0.4 is 10.1 Å². The highest BCUT2D eigenvalue weighted by atomic mass is 16.5. The van der Waals surface area contributed by atoms with Gasteiger partial charge in [-0.2, -0.15) is 0 Å². The summed E-state index contributed by atoms with van der Waals surface area (Å²) in [5.74, 6) is -0.0209. The third kappa shape index (κ3) is 4.44. The van der Waals surface area contributed by atoms with Gasteiger partial charge in [-0.15, -0.1) is 0 Å². The van der Waals surface area contributed by atoms with Crippen LogP contribution in [-0.2, 0) is 0 Å². The molecule has 0 saturated heterocycles. The molecule has 1 aromatic rings. The summed E-state index contributed by atoms with van der Waals surface area (Å²) in [6.45, 7) is 4.24. The van der Waals surface area contributed by atoms with Crippen molar-refractivity contribution in [1.29, 1.82) is 0 Å². The van der Waals surface area contributed by atoms with Gasteiger partial charge < -0.3 is 15.2 Å². The minimum absolute atomic E-state index is 0.0989. The zero-order valence-corrected chi connectivity index (χ0v) is 12.6. The Balaban J connectivity index is 2.78. The first-order valence-corrected chi connectivity index (χ1v) is 7.30. The lowest BCUT2D eigenvalue weighted by atomic mass is 10.0. The van der Waals surface area contributed by atoms with E-state index in [1.807, 2.05) is 0 Å². The Labute approximate surface area is 121 Å². The molecule has 1 aromatic carbocycles. The molecule has 0 bridgehead atoms. The van der Waals surface area contributed by atoms with Crippen LogP contribution in [0, 0.1) is 0 Å². The van der Waals surface area contributed by atoms with Crippen molar-refractivity contribution in [3.63, 3.8) is 0 Å². The molecule has 2 N–H and O–H groups in total. The van der Waals surface area contributed by atoms with E-state index in [2.05, 4.69) is 19.2 Å². The number of para-hydroxylation sites is 1. The summed E-state index contributed by atoms with van der Waals surface area (Å²) < 4.78 is 5.02. The van der Waals surface area contributed by atoms with Crippen LogP contribution in [0.15, 0.2) is 18.2 Å². The molecule has 0 heterocycles. The minimum Gasteiger partial charge on any atom is -0.504 e. The average molecular weight is 279 g/mol. The van der Waals surface area contributed by atoms with Crippen LogP contribution >= 0.6 is 0 Å². The lowest BCUT2D eigenvalue weighted by Gasteiger charge is -2.18. The van der Waals surface area contributed by atoms with Crippen LogP contribution in [0.25, 0.3) is 0 Å². The Morgan fingerprint density at radius 1 is 1.30 bits per heavy atom. The number of rotatable bonds is 8. The van der Waals surface area contributed by atoms with Crippen molar-refractivity contribution in [2.24, 2.45) is 0 Å². The van der Waals surface area contributed by atoms with E-state index >= 15 is 0 Å². The molecule has 4 nitrogen and oxygen atoms in total. The number of phenols is 1. The smallest absolute Gasteiger partial charge is 0.255 e. The molecule has 0 aliphatic rings. The second-order valence-corrected chi connectivity index (χ2v) is 4.96. The van der Waals surface area contributed by atoms with Crippen molar-refractivity contribution in [3.05, 3.63) is 23.8 Å². The molecule has 0 aliphatic heterocycles. The largest absolute Gasteiger partial charge is 0.504 e. The first-order chi connectivity index (χ1) is 9.63. The highest BCUT2D eigenvalue weighted by Crippen LogP contribution is 2.29. The quantitative estimate of drug-likeness (QED) is 0.766. The molecule has 0 spiro atoms. The molecule has 0 aliphatic carbocycles. The van der Waals surface area contributed by atoms with E-state index in [1.54, 1.807) is 18.2 Å². The van der Waals surface area contributed by atoms with Crippen LogP contribution in [-0.4, -0.2) is 24.2 Å². The number of amides is 1. The van der Waals surface area contributed by atoms with Crippen molar-refractivity contribution < 1.29 is 14.6 Å². The summed E-state index contributed by atoms with van der Waals surface area (Å²) in [5.41, 5.74) is 0.266. The van der Waals surface area contributed by atoms with Gasteiger partial charge >= 0.3 is 0 Å². The van der Waals surface area contributed by atoms with Crippen LogP contribution in [0.4, 0.5) is 0 Å². The standard InChI is InChI=1S/C16H25NO3/c1-4-6-9-12(8-5-2)17-16(19)13-10-7-11-14(20-3)15(13)18/h7,10-12,18H,4-6,8-9H2,1-3H3,(H,17,19). The van der Waals surface area contributed by atoms with E-state index < -0.39 is 0 Å². The maximum atomic E-state index is 12.3. The van der Waals surface area contributed by atoms with Gasteiger partial charge in [0.2, 0.25) is 0 Å². The second kappa shape index (κ2) is 8.46. The number of ether oxygens (including phenoxy) is 1. The Morgan fingerprint density at radius 2 is 2.05 bits per heavy atom. The summed E-state index contributed by atoms with van der Waals surface area (Å²) in [6, 6.07) is 5.11. The SMILES string of the molecule is CCCCC(CCC)NC(=O)c1cccc(OC)c1O. The molecular formula is C16H25NO3. The number of hydrogen-bond acceptors (Lipinski definition) is 3. The molecule has 112 valence electrons. The van der Waals surface area contributed by atoms with Gasteiger partial charge in [0.05, 0.1) is 12.7 Å². The number of phenolic OH excluding ortho intramolecular Hbond substituents is 1. The Kier molecular flexibility index (Phi) is 6.91. The molecule has 1 atom stereocenters. The fourth-order valence-electron chi connectivity index (χ4n) is 2.22. The molecule has 0 saturated carbocycles. The van der Waals surface area contributed by atoms with Gasteiger partial charge in [0, 0.05) is 6.04 Å². The first-order valence-electron chi connectivity index (χ1n) is 7.30. The summed E-state index contributed by atoms with van der Waals surface area (Å²) in [5, 5.41) is 13.0. The van der Waals surface area contributed by atoms with Gasteiger partial charge in [-0.1, -0.05) is 39.2 Å². The zero-order valence-electron chi connectivity index (χ0n) is 12.6. The van der Waals surface area contributed by atoms with Crippen LogP contribution in [0.2, 0.25) is 0 Å². The van der Waals surface area contributed by atoms with Crippen molar-refractivity contribution in [1.82, 2.24) is 5.32 Å². The Hall–Kier alpha value is -1.71. The van der Waals surface area contributed by atoms with E-state index in [1.165, 1.54) is 7.11 Å². The maximum Gasteiger partial charge on any atom is 0.255 e. The number of methoxy groups -OCH3 is 1. The van der Waals surface area contributed by atoms with Crippen molar-refractivity contribution in [3.8, 4) is 11.5 Å². The van der Waals surface area contributed by atoms with Gasteiger partial charge in [0.15, 0.2) is 11.5 Å². The van der Waals surface area contributed by atoms with Gasteiger partial charge in [0.25, 0.3) is 5.91 Å². The number of unbranched alkanes of at least 4 members (excludes halogenated alkanes) is 1. The highest BCUT2D eigenvalue weighted by Gasteiger charge is 2.17. The number of carbonyl (C=O) groups excluding carboxylic acids is 1. The summed E-state index contributed by atoms with van der Waals surface area (Å²) in [6.07, 6.45) is 5.16. The number of hydrogen-bond donors (Lipinski definition) is 2. The first kappa shape index (κ1) is 16.3. The third-order valence-corrected chi connectivity index (χ3v) is 3.34. The topological polar surface area (TPSA) is 58.6 Å². The summed E-state index contributed by atoms with van der Waals surface area (Å²) in [7, 11) is 1.47. The van der Waals surface area contributed by atoms with Gasteiger partial charge in [-0.3, -0.25) is 4.79 Å². The predicted octanol–water partition coefficient (Wildman–Crippen LogP) is 3.49. The molecule has 0 aromatic heterocycles. The highest BCUT2D eigenvalue weighted by molar-refractivity contribution is 5.97. The fraction of sp³-hybridized carbons (Fsp3) is 0.562. The molecular weight excluding hydrogens is 254 g/mol. The van der Waals surface area contributed by atoms with Crippen molar-refractivity contribution >= 4 is 5.91 Å². The molecule has 1 rings (SSSR count). The maximum absolute atomic E-state index is 12.3. The van der Waals surface area contributed by atoms with Crippen LogP contribution in [0.5, 0.6) is 11.5 Å². The zero-order chi connectivity index (χ0) is 15.0. The van der Waals surface area contributed by atoms with Crippen molar-refractivity contribution in [2.45, 2.75) is 52.0 Å². The normalized spacial score (nSPS) is 11.9. The fourth-order valence-corrected chi connectivity index (χ4v) is 2.22. The summed E-state index contributed by atoms with van der Waals surface area (Å²) in [4.78, 5) is 12.3. The molecule has 1 unspecified atom stereocenters. The van der Waals surface area contributed by atoms with Gasteiger partial charge in [-0.25, -0.2) is 0 Å². The lowest BCUT2D eigenvalue weighted by molar-refractivity contribution is 0.0929. The van der Waals surface area contributed by atoms with Crippen LogP contribution in [0.1, 0.15) is 56.3 Å². The number of aromatic hydroxyl groups is 1. The molecule has 1 amide bonds. The van der Waals surface area contributed by atoms with Gasteiger partial charge in [0.1, 0.15) is 0 Å². The van der Waals surface area contributed by atoms with Crippen LogP contribution in [0.3, 0.4) is 0 Å². The number of carbonyl (C=O) groups is 1. The molecule has 20 heavy (non-hydrogen) atoms. The Morgan fingerprint density at radius 3 is 2.65 bits per heavy atom. The molecule has 0 radical (unpaired) electrons. The average Bonchev–Trinajstić information content (AvgIpc) is 2.45. The minimum atomic E-state index is -0.240. The van der Waals surface area contributed by atoms with E-state index in [9.17, 15) is 9.90 Å². The molecule has 4 heteroatoms. The number of benzene rings is 1. The van der Waals surface area contributed by atoms with Crippen molar-refractivity contribution in [2.75, 3.05) is 7.11 Å². The second-order valence-electron chi connectivity index (χ2n) is 4.96. The third-order valence-electron chi connectivity index (χ3n) is 3.34. The van der Waals surface area contributed by atoms with E-state index in [-0.39, 0.29) is 23.3 Å². The van der Waals surface area contributed by atoms with E-state index in [0.29, 0.717) is 5.75 Å². The van der Waals surface area contributed by atoms with E-state index in [4.69, 9.17) is 4.74 Å². The predicted molar refractivity (Wildman–Crippen MR) is 80.3 cm³/mol. The lowest BCUT2D eigenvalue weighted by Crippen LogP contribution is -2.34. The van der Waals surface area contributed by atoms with Gasteiger partial charge in [-0.05, 0) is 25.0 Å². The monoisotopic (exact) mass is 279 g/mol. The van der Waals surface area contributed by atoms with E-state index in [0.717, 1.165) is 32.1 Å². The summed E-state index contributed by atoms with van der Waals surface area (Å²) >= 11 is 0. The Bertz CT molecular complexity index is 432. The molecule has 0 fully saturated rings.